The minimum Gasteiger partial charge on any atom is -0.457 e. The van der Waals surface area contributed by atoms with Crippen LogP contribution in [0.2, 0.25) is 0 Å². The lowest BCUT2D eigenvalue weighted by Crippen LogP contribution is -2.59. The number of hydrogen-bond acceptors (Lipinski definition) is 5. The van der Waals surface area contributed by atoms with Crippen LogP contribution in [-0.2, 0) is 38.1 Å². The number of nitrogens with zero attached hydrogens (tertiary/aromatic N) is 2. The van der Waals surface area contributed by atoms with Crippen LogP contribution in [0.25, 0.3) is 0 Å². The van der Waals surface area contributed by atoms with E-state index in [4.69, 9.17) is 4.74 Å². The Bertz CT molecular complexity index is 1990. The van der Waals surface area contributed by atoms with Gasteiger partial charge in [-0.2, -0.15) is 4.31 Å². The summed E-state index contributed by atoms with van der Waals surface area (Å²) in [5, 5.41) is 0. The zero-order chi connectivity index (χ0) is 35.8. The molecule has 0 aromatic heterocycles. The Morgan fingerprint density at radius 2 is 1.41 bits per heavy atom. The molecule has 1 aliphatic heterocycles. The zero-order valence-electron chi connectivity index (χ0n) is 26.4. The topological polar surface area (TPSA) is 84.0 Å². The number of carbonyl (C=O) groups excluding carboxylic acids is 2. The van der Waals surface area contributed by atoms with E-state index in [0.29, 0.717) is 15.4 Å². The second kappa shape index (κ2) is 13.7. The van der Waals surface area contributed by atoms with Crippen LogP contribution >= 0.6 is 0 Å². The Balaban J connectivity index is 1.48. The molecule has 1 heterocycles. The van der Waals surface area contributed by atoms with Crippen molar-refractivity contribution in [2.24, 2.45) is 0 Å². The predicted octanol–water partition coefficient (Wildman–Crippen LogP) is 7.17. The van der Waals surface area contributed by atoms with Gasteiger partial charge in [-0.1, -0.05) is 75.4 Å². The van der Waals surface area contributed by atoms with Crippen LogP contribution in [0.3, 0.4) is 0 Å². The molecule has 0 N–H and O–H groups in total. The first kappa shape index (κ1) is 35.6. The molecule has 0 radical (unpaired) electrons. The van der Waals surface area contributed by atoms with E-state index in [1.54, 1.807) is 54.6 Å². The number of sulfonamides is 1. The van der Waals surface area contributed by atoms with E-state index in [1.165, 1.54) is 6.07 Å². The van der Waals surface area contributed by atoms with E-state index >= 15 is 4.39 Å². The molecule has 49 heavy (non-hydrogen) atoms. The van der Waals surface area contributed by atoms with Crippen molar-refractivity contribution in [1.82, 2.24) is 4.31 Å². The number of amides is 1. The van der Waals surface area contributed by atoms with Crippen molar-refractivity contribution >= 4 is 27.6 Å². The summed E-state index contributed by atoms with van der Waals surface area (Å²) in [6.45, 7) is 5.04. The molecule has 1 aliphatic rings. The van der Waals surface area contributed by atoms with Crippen molar-refractivity contribution < 1.29 is 49.1 Å². The van der Waals surface area contributed by atoms with Gasteiger partial charge in [0.05, 0.1) is 17.8 Å². The number of hydrogen-bond donors (Lipinski definition) is 0. The molecule has 5 rings (SSSR count). The monoisotopic (exact) mass is 704 g/mol. The first-order valence-corrected chi connectivity index (χ1v) is 16.4. The van der Waals surface area contributed by atoms with Crippen LogP contribution in [0.15, 0.2) is 77.7 Å². The highest BCUT2D eigenvalue weighted by Crippen LogP contribution is 2.35. The minimum atomic E-state index is -5.45. The molecule has 0 saturated carbocycles. The van der Waals surface area contributed by atoms with E-state index in [1.807, 2.05) is 20.8 Å². The molecule has 0 aliphatic carbocycles. The van der Waals surface area contributed by atoms with E-state index in [2.05, 4.69) is 0 Å². The SMILES string of the molecule is CC(C)(C)c1ccc(CN(C(=O)[C@H]2CCN2S(=O)(=O)c2c(F)c(F)c(F)c(F)c2F)c2ccc(C(=O)OCc3ccccc3)cc2F)cc1. The highest BCUT2D eigenvalue weighted by molar-refractivity contribution is 7.89. The van der Waals surface area contributed by atoms with Gasteiger partial charge in [-0.05, 0) is 46.7 Å². The van der Waals surface area contributed by atoms with Gasteiger partial charge in [0.15, 0.2) is 28.2 Å². The molecule has 4 aromatic rings. The molecule has 0 spiro atoms. The summed E-state index contributed by atoms with van der Waals surface area (Å²) in [7, 11) is -5.45. The van der Waals surface area contributed by atoms with E-state index < -0.39 is 74.3 Å². The fourth-order valence-corrected chi connectivity index (χ4v) is 6.98. The highest BCUT2D eigenvalue weighted by atomic mass is 32.2. The fourth-order valence-electron chi connectivity index (χ4n) is 5.24. The Morgan fingerprint density at radius 3 is 1.94 bits per heavy atom. The number of carbonyl (C=O) groups is 2. The Labute approximate surface area is 278 Å². The minimum absolute atomic E-state index is 0.0900. The summed E-state index contributed by atoms with van der Waals surface area (Å²) in [6, 6.07) is 17.2. The van der Waals surface area contributed by atoms with Gasteiger partial charge in [0.1, 0.15) is 18.5 Å². The smallest absolute Gasteiger partial charge is 0.338 e. The maximum Gasteiger partial charge on any atom is 0.338 e. The van der Waals surface area contributed by atoms with Crippen molar-refractivity contribution in [2.75, 3.05) is 11.4 Å². The Hall–Kier alpha value is -4.69. The molecule has 14 heteroatoms. The van der Waals surface area contributed by atoms with E-state index in [-0.39, 0.29) is 36.2 Å². The maximum absolute atomic E-state index is 15.8. The van der Waals surface area contributed by atoms with Crippen molar-refractivity contribution in [3.63, 3.8) is 0 Å². The lowest BCUT2D eigenvalue weighted by molar-refractivity contribution is -0.125. The summed E-state index contributed by atoms with van der Waals surface area (Å²) in [5.74, 6) is -15.6. The summed E-state index contributed by atoms with van der Waals surface area (Å²) >= 11 is 0. The summed E-state index contributed by atoms with van der Waals surface area (Å²) < 4.78 is 119. The molecule has 7 nitrogen and oxygen atoms in total. The number of halogens is 6. The van der Waals surface area contributed by atoms with E-state index in [9.17, 15) is 40.0 Å². The molecule has 258 valence electrons. The quantitative estimate of drug-likeness (QED) is 0.0799. The average molecular weight is 705 g/mol. The van der Waals surface area contributed by atoms with Crippen molar-refractivity contribution in [3.05, 3.63) is 130 Å². The Kier molecular flexibility index (Phi) is 9.94. The molecule has 1 saturated heterocycles. The lowest BCUT2D eigenvalue weighted by atomic mass is 9.86. The molecule has 1 fully saturated rings. The van der Waals surface area contributed by atoms with Crippen LogP contribution in [0, 0.1) is 34.9 Å². The first-order chi connectivity index (χ1) is 23.0. The van der Waals surface area contributed by atoms with Crippen LogP contribution < -0.4 is 4.90 Å². The molecule has 1 atom stereocenters. The molecule has 4 aromatic carbocycles. The molecular formula is C35H30F6N2O5S. The van der Waals surface area contributed by atoms with Crippen molar-refractivity contribution in [3.8, 4) is 0 Å². The number of esters is 1. The standard InChI is InChI=1S/C35H30F6N2O5S/c1-35(2,3)23-12-9-20(10-13-23)18-42(25-14-11-22(17-24(25)36)34(45)48-19-21-7-5-4-6-8-21)33(44)26-15-16-43(26)49(46,47)32-30(40)28(38)27(37)29(39)31(32)41/h4-14,17,26H,15-16,18-19H2,1-3H3/t26-/m1/s1. The van der Waals surface area contributed by atoms with Gasteiger partial charge in [-0.3, -0.25) is 4.79 Å². The number of anilines is 1. The number of rotatable bonds is 9. The largest absolute Gasteiger partial charge is 0.457 e. The Morgan fingerprint density at radius 1 is 0.816 bits per heavy atom. The van der Waals surface area contributed by atoms with Crippen LogP contribution in [0.5, 0.6) is 0 Å². The van der Waals surface area contributed by atoms with Crippen LogP contribution in [-0.4, -0.2) is 37.2 Å². The van der Waals surface area contributed by atoms with E-state index in [0.717, 1.165) is 22.6 Å². The van der Waals surface area contributed by atoms with Gasteiger partial charge < -0.3 is 9.64 Å². The fraction of sp³-hybridized carbons (Fsp3) is 0.257. The third-order valence-electron chi connectivity index (χ3n) is 8.11. The zero-order valence-corrected chi connectivity index (χ0v) is 27.3. The highest BCUT2D eigenvalue weighted by Gasteiger charge is 2.48. The predicted molar refractivity (Wildman–Crippen MR) is 167 cm³/mol. The van der Waals surface area contributed by atoms with Gasteiger partial charge in [-0.25, -0.2) is 39.6 Å². The summed E-state index contributed by atoms with van der Waals surface area (Å²) in [4.78, 5) is 25.5. The van der Waals surface area contributed by atoms with Crippen LogP contribution in [0.1, 0.15) is 54.2 Å². The molecule has 0 unspecified atom stereocenters. The molecule has 1 amide bonds. The molecular weight excluding hydrogens is 674 g/mol. The van der Waals surface area contributed by atoms with Crippen LogP contribution in [0.4, 0.5) is 32.0 Å². The average Bonchev–Trinajstić information content (AvgIpc) is 3.03. The normalized spacial score (nSPS) is 15.1. The van der Waals surface area contributed by atoms with Gasteiger partial charge >= 0.3 is 5.97 Å². The van der Waals surface area contributed by atoms with Gasteiger partial charge in [-0.15, -0.1) is 0 Å². The van der Waals surface area contributed by atoms with Gasteiger partial charge in [0.25, 0.3) is 0 Å². The number of ether oxygens (including phenoxy) is 1. The maximum atomic E-state index is 15.8. The lowest BCUT2D eigenvalue weighted by Gasteiger charge is -2.41. The third-order valence-corrected chi connectivity index (χ3v) is 10.0. The van der Waals surface area contributed by atoms with Gasteiger partial charge in [0.2, 0.25) is 21.7 Å². The number of benzene rings is 4. The first-order valence-electron chi connectivity index (χ1n) is 15.0. The second-order valence-corrected chi connectivity index (χ2v) is 14.2. The second-order valence-electron chi connectivity index (χ2n) is 12.4. The van der Waals surface area contributed by atoms with Crippen molar-refractivity contribution in [1.29, 1.82) is 0 Å². The summed E-state index contributed by atoms with van der Waals surface area (Å²) in [6.07, 6.45) is -0.210. The van der Waals surface area contributed by atoms with Crippen molar-refractivity contribution in [2.45, 2.75) is 56.7 Å². The third kappa shape index (κ3) is 7.06. The van der Waals surface area contributed by atoms with Gasteiger partial charge in [0, 0.05) is 6.54 Å². The summed E-state index contributed by atoms with van der Waals surface area (Å²) in [5.41, 5.74) is 1.34. The molecule has 0 bridgehead atoms.